The Morgan fingerprint density at radius 1 is 0.975 bits per heavy atom. The zero-order chi connectivity index (χ0) is 28.2. The first-order valence-corrected chi connectivity index (χ1v) is 12.3. The van der Waals surface area contributed by atoms with Crippen LogP contribution < -0.4 is 24.3 Å². The van der Waals surface area contributed by atoms with Crippen molar-refractivity contribution in [2.45, 2.75) is 49.7 Å². The fourth-order valence-electron chi connectivity index (χ4n) is 5.13. The van der Waals surface area contributed by atoms with Crippen LogP contribution in [0.2, 0.25) is 0 Å². The van der Waals surface area contributed by atoms with Crippen molar-refractivity contribution in [3.63, 3.8) is 0 Å². The zero-order valence-corrected chi connectivity index (χ0v) is 20.5. The van der Waals surface area contributed by atoms with Crippen molar-refractivity contribution in [1.29, 1.82) is 0 Å². The highest BCUT2D eigenvalue weighted by molar-refractivity contribution is 5.88. The number of hydrogen-bond acceptors (Lipinski definition) is 6. The summed E-state index contributed by atoms with van der Waals surface area (Å²) < 4.78 is 72.3. The van der Waals surface area contributed by atoms with Crippen LogP contribution in [0.15, 0.2) is 60.7 Å². The number of benzene rings is 3. The van der Waals surface area contributed by atoms with Gasteiger partial charge in [-0.25, -0.2) is 4.79 Å². The Morgan fingerprint density at radius 3 is 2.48 bits per heavy atom. The monoisotopic (exact) mass is 559 g/mol. The van der Waals surface area contributed by atoms with Gasteiger partial charge < -0.3 is 29.4 Å². The van der Waals surface area contributed by atoms with Gasteiger partial charge in [-0.15, -0.1) is 8.78 Å². The van der Waals surface area contributed by atoms with E-state index in [1.807, 2.05) is 0 Å². The summed E-state index contributed by atoms with van der Waals surface area (Å²) >= 11 is 0. The molecule has 6 rings (SSSR count). The first-order valence-electron chi connectivity index (χ1n) is 12.3. The highest BCUT2D eigenvalue weighted by atomic mass is 19.3. The lowest BCUT2D eigenvalue weighted by atomic mass is 9.86. The SMILES string of the molecule is O=C(O)c1cccc([C@H]2C[C@@H](C(=O)NC3(c4ccc5c(c4)OC(F)(F)O5)CC3)c3ccc(OC(F)F)cc3O2)c1. The summed E-state index contributed by atoms with van der Waals surface area (Å²) in [7, 11) is 0. The van der Waals surface area contributed by atoms with Crippen molar-refractivity contribution in [2.75, 3.05) is 0 Å². The van der Waals surface area contributed by atoms with E-state index >= 15 is 0 Å². The molecule has 2 N–H and O–H groups in total. The van der Waals surface area contributed by atoms with Crippen molar-refractivity contribution < 1.29 is 51.2 Å². The molecule has 2 atom stereocenters. The lowest BCUT2D eigenvalue weighted by Gasteiger charge is -2.33. The van der Waals surface area contributed by atoms with Crippen LogP contribution in [-0.4, -0.2) is 29.9 Å². The van der Waals surface area contributed by atoms with Crippen LogP contribution in [0.25, 0.3) is 0 Å². The third kappa shape index (κ3) is 4.85. The van der Waals surface area contributed by atoms with E-state index < -0.39 is 42.3 Å². The van der Waals surface area contributed by atoms with Crippen LogP contribution in [0, 0.1) is 0 Å². The van der Waals surface area contributed by atoms with E-state index in [9.17, 15) is 32.3 Å². The van der Waals surface area contributed by atoms with Crippen molar-refractivity contribution in [3.05, 3.63) is 82.9 Å². The Labute approximate surface area is 224 Å². The highest BCUT2D eigenvalue weighted by Gasteiger charge is 2.50. The second-order valence-corrected chi connectivity index (χ2v) is 9.80. The summed E-state index contributed by atoms with van der Waals surface area (Å²) in [5.41, 5.74) is 0.698. The molecule has 0 bridgehead atoms. The number of hydrogen-bond donors (Lipinski definition) is 2. The number of carbonyl (C=O) groups is 2. The van der Waals surface area contributed by atoms with Crippen LogP contribution in [0.4, 0.5) is 17.6 Å². The second-order valence-electron chi connectivity index (χ2n) is 9.80. The minimum Gasteiger partial charge on any atom is -0.485 e. The number of rotatable bonds is 7. The van der Waals surface area contributed by atoms with E-state index in [4.69, 9.17) is 4.74 Å². The maximum Gasteiger partial charge on any atom is 0.586 e. The molecule has 3 aliphatic rings. The fourth-order valence-corrected chi connectivity index (χ4v) is 5.13. The van der Waals surface area contributed by atoms with Gasteiger partial charge in [0.15, 0.2) is 11.5 Å². The standard InChI is InChI=1S/C28H21F4NO7/c29-26(30)37-17-5-6-18-19(13-21(38-22(18)12-17)14-2-1-3-15(10-14)25(35)36)24(34)33-27(8-9-27)16-4-7-20-23(11-16)40-28(31,32)39-20/h1-7,10-12,19,21,26H,8-9,13H2,(H,33,34)(H,35,36)/t19-,21-/m1/s1. The predicted octanol–water partition coefficient (Wildman–Crippen LogP) is 5.72. The van der Waals surface area contributed by atoms with Crippen molar-refractivity contribution >= 4 is 11.9 Å². The Balaban J connectivity index is 1.30. The molecule has 208 valence electrons. The summed E-state index contributed by atoms with van der Waals surface area (Å²) in [6, 6.07) is 14.5. The van der Waals surface area contributed by atoms with Gasteiger partial charge in [-0.05, 0) is 54.3 Å². The Bertz CT molecular complexity index is 1510. The molecule has 1 aliphatic carbocycles. The molecule has 8 nitrogen and oxygen atoms in total. The number of nitrogens with one attached hydrogen (secondary N) is 1. The number of ether oxygens (including phenoxy) is 4. The van der Waals surface area contributed by atoms with Gasteiger partial charge in [0.1, 0.15) is 17.6 Å². The number of alkyl halides is 4. The maximum atomic E-state index is 13.8. The molecule has 2 aliphatic heterocycles. The van der Waals surface area contributed by atoms with Gasteiger partial charge in [0, 0.05) is 18.1 Å². The molecule has 3 aromatic carbocycles. The Kier molecular flexibility index (Phi) is 6.00. The summed E-state index contributed by atoms with van der Waals surface area (Å²) in [5.74, 6) is -2.61. The van der Waals surface area contributed by atoms with E-state index in [0.717, 1.165) is 0 Å². The number of carboxylic acid groups (broad SMARTS) is 1. The molecular weight excluding hydrogens is 538 g/mol. The molecule has 0 aromatic heterocycles. The smallest absolute Gasteiger partial charge is 0.485 e. The summed E-state index contributed by atoms with van der Waals surface area (Å²) in [6.07, 6.45) is -3.31. The number of aromatic carboxylic acids is 1. The van der Waals surface area contributed by atoms with Gasteiger partial charge in [0.25, 0.3) is 0 Å². The van der Waals surface area contributed by atoms with Crippen LogP contribution in [0.1, 0.15) is 58.3 Å². The average molecular weight is 559 g/mol. The third-order valence-electron chi connectivity index (χ3n) is 7.19. The number of carboxylic acids is 1. The molecule has 0 spiro atoms. The number of carbonyl (C=O) groups excluding carboxylic acids is 1. The number of halogens is 4. The number of fused-ring (bicyclic) bond motifs is 2. The Hall–Kier alpha value is -4.48. The van der Waals surface area contributed by atoms with Crippen LogP contribution in [0.3, 0.4) is 0 Å². The minimum absolute atomic E-state index is 0.0213. The Morgan fingerprint density at radius 2 is 1.75 bits per heavy atom. The normalized spacial score (nSPS) is 21.2. The molecule has 0 saturated heterocycles. The highest BCUT2D eigenvalue weighted by Crippen LogP contribution is 2.51. The van der Waals surface area contributed by atoms with Crippen LogP contribution >= 0.6 is 0 Å². The van der Waals surface area contributed by atoms with E-state index in [-0.39, 0.29) is 35.0 Å². The predicted molar refractivity (Wildman–Crippen MR) is 129 cm³/mol. The summed E-state index contributed by atoms with van der Waals surface area (Å²) in [4.78, 5) is 25.3. The van der Waals surface area contributed by atoms with E-state index in [0.29, 0.717) is 29.5 Å². The van der Waals surface area contributed by atoms with Gasteiger partial charge in [-0.1, -0.05) is 24.3 Å². The third-order valence-corrected chi connectivity index (χ3v) is 7.19. The minimum atomic E-state index is -3.77. The fraction of sp³-hybridized carbons (Fsp3) is 0.286. The molecule has 1 saturated carbocycles. The van der Waals surface area contributed by atoms with Crippen LogP contribution in [-0.2, 0) is 10.3 Å². The molecule has 2 heterocycles. The van der Waals surface area contributed by atoms with Crippen molar-refractivity contribution in [1.82, 2.24) is 5.32 Å². The molecule has 3 aromatic rings. The molecule has 40 heavy (non-hydrogen) atoms. The van der Waals surface area contributed by atoms with Crippen molar-refractivity contribution in [3.8, 4) is 23.0 Å². The largest absolute Gasteiger partial charge is 0.586 e. The second kappa shape index (κ2) is 9.32. The first kappa shape index (κ1) is 25.8. The van der Waals surface area contributed by atoms with E-state index in [1.54, 1.807) is 18.2 Å². The van der Waals surface area contributed by atoms with Gasteiger partial charge in [0.05, 0.1) is 17.0 Å². The lowest BCUT2D eigenvalue weighted by molar-refractivity contribution is -0.286. The molecule has 0 radical (unpaired) electrons. The van der Waals surface area contributed by atoms with Gasteiger partial charge in [-0.3, -0.25) is 4.79 Å². The average Bonchev–Trinajstić information content (AvgIpc) is 3.61. The molecular formula is C28H21F4NO7. The number of amides is 1. The zero-order valence-electron chi connectivity index (χ0n) is 20.5. The van der Waals surface area contributed by atoms with Gasteiger partial charge in [0.2, 0.25) is 5.91 Å². The van der Waals surface area contributed by atoms with E-state index in [1.165, 1.54) is 42.5 Å². The lowest BCUT2D eigenvalue weighted by Crippen LogP contribution is -2.40. The maximum absolute atomic E-state index is 13.8. The molecule has 0 unspecified atom stereocenters. The quantitative estimate of drug-likeness (QED) is 0.357. The topological polar surface area (TPSA) is 103 Å². The molecule has 1 amide bonds. The summed E-state index contributed by atoms with van der Waals surface area (Å²) in [5, 5.41) is 12.4. The molecule has 12 heteroatoms. The van der Waals surface area contributed by atoms with Gasteiger partial charge in [-0.2, -0.15) is 8.78 Å². The van der Waals surface area contributed by atoms with E-state index in [2.05, 4.69) is 19.5 Å². The van der Waals surface area contributed by atoms with Crippen molar-refractivity contribution in [2.24, 2.45) is 0 Å². The van der Waals surface area contributed by atoms with Crippen LogP contribution in [0.5, 0.6) is 23.0 Å². The summed E-state index contributed by atoms with van der Waals surface area (Å²) in [6.45, 7) is -3.07. The first-order chi connectivity index (χ1) is 19.0. The van der Waals surface area contributed by atoms with Gasteiger partial charge >= 0.3 is 18.9 Å². The molecule has 1 fully saturated rings.